The average Bonchev–Trinajstić information content (AvgIpc) is 2.35. The summed E-state index contributed by atoms with van der Waals surface area (Å²) in [6.07, 6.45) is 0.958. The zero-order chi connectivity index (χ0) is 13.4. The number of urea groups is 1. The van der Waals surface area contributed by atoms with Gasteiger partial charge in [-0.15, -0.1) is 0 Å². The van der Waals surface area contributed by atoms with Gasteiger partial charge in [-0.3, -0.25) is 0 Å². The molecule has 1 aromatic rings. The molecule has 100 valence electrons. The third-order valence-electron chi connectivity index (χ3n) is 2.71. The predicted molar refractivity (Wildman–Crippen MR) is 74.6 cm³/mol. The Kier molecular flexibility index (Phi) is 6.22. The molecule has 1 unspecified atom stereocenters. The Morgan fingerprint density at radius 1 is 1.28 bits per heavy atom. The lowest BCUT2D eigenvalue weighted by molar-refractivity contribution is 0.237. The van der Waals surface area contributed by atoms with E-state index in [4.69, 9.17) is 0 Å². The van der Waals surface area contributed by atoms with E-state index in [-0.39, 0.29) is 12.1 Å². The Morgan fingerprint density at radius 2 is 1.94 bits per heavy atom. The van der Waals surface area contributed by atoms with Crippen LogP contribution in [0.15, 0.2) is 30.3 Å². The highest BCUT2D eigenvalue weighted by Gasteiger charge is 2.07. The molecule has 0 aromatic heterocycles. The van der Waals surface area contributed by atoms with E-state index >= 15 is 0 Å². The van der Waals surface area contributed by atoms with Crippen molar-refractivity contribution in [2.75, 3.05) is 27.2 Å². The van der Waals surface area contributed by atoms with Gasteiger partial charge < -0.3 is 15.5 Å². The summed E-state index contributed by atoms with van der Waals surface area (Å²) in [5.41, 5.74) is 1.11. The summed E-state index contributed by atoms with van der Waals surface area (Å²) in [4.78, 5) is 13.7. The van der Waals surface area contributed by atoms with Crippen molar-refractivity contribution in [3.05, 3.63) is 35.9 Å². The van der Waals surface area contributed by atoms with E-state index in [1.807, 2.05) is 51.4 Å². The third kappa shape index (κ3) is 5.68. The van der Waals surface area contributed by atoms with Crippen LogP contribution < -0.4 is 10.6 Å². The fourth-order valence-electron chi connectivity index (χ4n) is 1.67. The smallest absolute Gasteiger partial charge is 0.315 e. The summed E-state index contributed by atoms with van der Waals surface area (Å²) in [6, 6.07) is 9.86. The van der Waals surface area contributed by atoms with Crippen LogP contribution >= 0.6 is 0 Å². The van der Waals surface area contributed by atoms with Crippen LogP contribution in [-0.2, 0) is 0 Å². The van der Waals surface area contributed by atoms with Crippen molar-refractivity contribution in [2.45, 2.75) is 19.4 Å². The van der Waals surface area contributed by atoms with Crippen LogP contribution in [0.3, 0.4) is 0 Å². The number of nitrogens with one attached hydrogen (secondary N) is 2. The van der Waals surface area contributed by atoms with Crippen LogP contribution in [0.25, 0.3) is 0 Å². The van der Waals surface area contributed by atoms with Crippen molar-refractivity contribution in [3.63, 3.8) is 0 Å². The summed E-state index contributed by atoms with van der Waals surface area (Å²) in [7, 11) is 4.05. The second-order valence-corrected chi connectivity index (χ2v) is 4.69. The van der Waals surface area contributed by atoms with Gasteiger partial charge in [0.1, 0.15) is 0 Å². The Hall–Kier alpha value is -1.55. The van der Waals surface area contributed by atoms with E-state index < -0.39 is 0 Å². The number of nitrogens with zero attached hydrogens (tertiary/aromatic N) is 1. The zero-order valence-corrected chi connectivity index (χ0v) is 11.4. The minimum absolute atomic E-state index is 0.0278. The van der Waals surface area contributed by atoms with E-state index in [0.717, 1.165) is 18.5 Å². The molecule has 1 aromatic carbocycles. The second-order valence-electron chi connectivity index (χ2n) is 4.69. The monoisotopic (exact) mass is 249 g/mol. The maximum atomic E-state index is 11.6. The van der Waals surface area contributed by atoms with Crippen LogP contribution in [-0.4, -0.2) is 38.1 Å². The number of hydrogen-bond donors (Lipinski definition) is 2. The summed E-state index contributed by atoms with van der Waals surface area (Å²) in [5, 5.41) is 5.78. The quantitative estimate of drug-likeness (QED) is 0.757. The highest BCUT2D eigenvalue weighted by molar-refractivity contribution is 5.74. The number of benzene rings is 1. The molecule has 4 nitrogen and oxygen atoms in total. The predicted octanol–water partition coefficient (Wildman–Crippen LogP) is 2.00. The summed E-state index contributed by atoms with van der Waals surface area (Å²) in [5.74, 6) is 0. The van der Waals surface area contributed by atoms with Crippen molar-refractivity contribution in [1.29, 1.82) is 0 Å². The fourth-order valence-corrected chi connectivity index (χ4v) is 1.67. The maximum Gasteiger partial charge on any atom is 0.315 e. The van der Waals surface area contributed by atoms with Crippen LogP contribution in [0.5, 0.6) is 0 Å². The molecule has 2 N–H and O–H groups in total. The van der Waals surface area contributed by atoms with Gasteiger partial charge in [-0.2, -0.15) is 0 Å². The number of rotatable bonds is 6. The molecule has 0 aliphatic carbocycles. The molecule has 0 fully saturated rings. The highest BCUT2D eigenvalue weighted by Crippen LogP contribution is 2.10. The Bertz CT molecular complexity index is 351. The van der Waals surface area contributed by atoms with Crippen LogP contribution in [0.2, 0.25) is 0 Å². The Labute approximate surface area is 109 Å². The number of carbonyl (C=O) groups is 1. The molecule has 1 atom stereocenters. The van der Waals surface area contributed by atoms with Crippen LogP contribution in [0, 0.1) is 0 Å². The molecular formula is C14H23N3O. The van der Waals surface area contributed by atoms with Crippen molar-refractivity contribution in [2.24, 2.45) is 0 Å². The number of amides is 2. The standard InChI is InChI=1S/C14H23N3O/c1-12(13-8-5-4-6-9-13)16-14(18)15-10-7-11-17(2)3/h4-6,8-9,12H,7,10-11H2,1-3H3,(H2,15,16,18). The van der Waals surface area contributed by atoms with E-state index in [2.05, 4.69) is 15.5 Å². The molecular weight excluding hydrogens is 226 g/mol. The molecule has 0 heterocycles. The Balaban J connectivity index is 2.24. The van der Waals surface area contributed by atoms with E-state index in [0.29, 0.717) is 6.54 Å². The SMILES string of the molecule is CC(NC(=O)NCCCN(C)C)c1ccccc1. The van der Waals surface area contributed by atoms with Crippen molar-refractivity contribution in [1.82, 2.24) is 15.5 Å². The fraction of sp³-hybridized carbons (Fsp3) is 0.500. The minimum atomic E-state index is -0.106. The third-order valence-corrected chi connectivity index (χ3v) is 2.71. The van der Waals surface area contributed by atoms with Gasteiger partial charge >= 0.3 is 6.03 Å². The molecule has 0 aliphatic heterocycles. The van der Waals surface area contributed by atoms with Gasteiger partial charge in [0.05, 0.1) is 6.04 Å². The second kappa shape index (κ2) is 7.71. The number of hydrogen-bond acceptors (Lipinski definition) is 2. The topological polar surface area (TPSA) is 44.4 Å². The zero-order valence-electron chi connectivity index (χ0n) is 11.4. The molecule has 0 bridgehead atoms. The van der Waals surface area contributed by atoms with Gasteiger partial charge in [0.25, 0.3) is 0 Å². The Morgan fingerprint density at radius 3 is 2.56 bits per heavy atom. The molecule has 18 heavy (non-hydrogen) atoms. The molecule has 2 amide bonds. The lowest BCUT2D eigenvalue weighted by Crippen LogP contribution is -2.38. The van der Waals surface area contributed by atoms with E-state index in [1.54, 1.807) is 0 Å². The molecule has 0 aliphatic rings. The molecule has 0 radical (unpaired) electrons. The van der Waals surface area contributed by atoms with Crippen molar-refractivity contribution >= 4 is 6.03 Å². The first-order chi connectivity index (χ1) is 8.59. The molecule has 4 heteroatoms. The number of carbonyl (C=O) groups excluding carboxylic acids is 1. The molecule has 1 rings (SSSR count). The first kappa shape index (κ1) is 14.5. The normalized spacial score (nSPS) is 12.2. The van der Waals surface area contributed by atoms with Gasteiger partial charge in [-0.05, 0) is 39.5 Å². The largest absolute Gasteiger partial charge is 0.338 e. The van der Waals surface area contributed by atoms with Crippen LogP contribution in [0.4, 0.5) is 4.79 Å². The van der Waals surface area contributed by atoms with Gasteiger partial charge in [0, 0.05) is 6.54 Å². The first-order valence-corrected chi connectivity index (χ1v) is 6.33. The summed E-state index contributed by atoms with van der Waals surface area (Å²) < 4.78 is 0. The highest BCUT2D eigenvalue weighted by atomic mass is 16.2. The van der Waals surface area contributed by atoms with Gasteiger partial charge in [-0.25, -0.2) is 4.79 Å². The van der Waals surface area contributed by atoms with Gasteiger partial charge in [0.15, 0.2) is 0 Å². The lowest BCUT2D eigenvalue weighted by Gasteiger charge is -2.15. The summed E-state index contributed by atoms with van der Waals surface area (Å²) in [6.45, 7) is 3.66. The van der Waals surface area contributed by atoms with E-state index in [1.165, 1.54) is 0 Å². The van der Waals surface area contributed by atoms with Gasteiger partial charge in [-0.1, -0.05) is 30.3 Å². The maximum absolute atomic E-state index is 11.6. The van der Waals surface area contributed by atoms with E-state index in [9.17, 15) is 4.79 Å². The summed E-state index contributed by atoms with van der Waals surface area (Å²) >= 11 is 0. The molecule has 0 saturated heterocycles. The van der Waals surface area contributed by atoms with Gasteiger partial charge in [0.2, 0.25) is 0 Å². The molecule has 0 saturated carbocycles. The van der Waals surface area contributed by atoms with Crippen molar-refractivity contribution < 1.29 is 4.79 Å². The lowest BCUT2D eigenvalue weighted by atomic mass is 10.1. The first-order valence-electron chi connectivity index (χ1n) is 6.33. The average molecular weight is 249 g/mol. The minimum Gasteiger partial charge on any atom is -0.338 e. The molecule has 0 spiro atoms. The van der Waals surface area contributed by atoms with Crippen molar-refractivity contribution in [3.8, 4) is 0 Å². The van der Waals surface area contributed by atoms with Crippen LogP contribution in [0.1, 0.15) is 24.9 Å².